The van der Waals surface area contributed by atoms with Crippen LogP contribution >= 0.6 is 0 Å². The molecular formula is C14H26N4O2S. The monoisotopic (exact) mass is 314 g/mol. The van der Waals surface area contributed by atoms with Gasteiger partial charge in [0.05, 0.1) is 12.7 Å². The van der Waals surface area contributed by atoms with E-state index in [4.69, 9.17) is 5.73 Å². The van der Waals surface area contributed by atoms with Gasteiger partial charge >= 0.3 is 0 Å². The van der Waals surface area contributed by atoms with Crippen molar-refractivity contribution in [2.75, 3.05) is 19.6 Å². The van der Waals surface area contributed by atoms with E-state index in [0.717, 1.165) is 19.3 Å². The Labute approximate surface area is 127 Å². The van der Waals surface area contributed by atoms with E-state index < -0.39 is 10.0 Å². The van der Waals surface area contributed by atoms with Gasteiger partial charge in [0.15, 0.2) is 0 Å². The highest BCUT2D eigenvalue weighted by molar-refractivity contribution is 7.89. The molecule has 7 heteroatoms. The summed E-state index contributed by atoms with van der Waals surface area (Å²) in [5.41, 5.74) is 5.47. The average molecular weight is 314 g/mol. The van der Waals surface area contributed by atoms with Crippen LogP contribution in [0.5, 0.6) is 0 Å². The smallest absolute Gasteiger partial charge is 0.246 e. The maximum atomic E-state index is 12.7. The largest absolute Gasteiger partial charge is 0.329 e. The molecule has 2 N–H and O–H groups in total. The molecule has 0 amide bonds. The first-order valence-electron chi connectivity index (χ1n) is 7.68. The summed E-state index contributed by atoms with van der Waals surface area (Å²) in [7, 11) is -3.42. The predicted octanol–water partition coefficient (Wildman–Crippen LogP) is 1.29. The van der Waals surface area contributed by atoms with E-state index >= 15 is 0 Å². The van der Waals surface area contributed by atoms with E-state index in [1.807, 2.05) is 0 Å². The van der Waals surface area contributed by atoms with Crippen LogP contribution in [0.3, 0.4) is 0 Å². The fourth-order valence-corrected chi connectivity index (χ4v) is 4.33. The standard InChI is InChI=1S/C14H26N4O2S/c1-12(2)13-4-3-7-18(8-5-13)21(19,20)14-10-16-17(11-14)9-6-15/h10-13H,3-9,15H2,1-2H3. The Kier molecular flexibility index (Phi) is 5.40. The molecule has 2 heterocycles. The molecule has 6 nitrogen and oxygen atoms in total. The van der Waals surface area contributed by atoms with Gasteiger partial charge in [0.2, 0.25) is 10.0 Å². The average Bonchev–Trinajstić information content (AvgIpc) is 2.75. The summed E-state index contributed by atoms with van der Waals surface area (Å²) >= 11 is 0. The van der Waals surface area contributed by atoms with Crippen molar-refractivity contribution >= 4 is 10.0 Å². The minimum absolute atomic E-state index is 0.277. The van der Waals surface area contributed by atoms with Gasteiger partial charge in [-0.2, -0.15) is 9.40 Å². The highest BCUT2D eigenvalue weighted by Crippen LogP contribution is 2.27. The van der Waals surface area contributed by atoms with Gasteiger partial charge in [0, 0.05) is 25.8 Å². The molecule has 0 radical (unpaired) electrons. The molecular weight excluding hydrogens is 288 g/mol. The topological polar surface area (TPSA) is 81.2 Å². The number of sulfonamides is 1. The Hall–Kier alpha value is -0.920. The summed E-state index contributed by atoms with van der Waals surface area (Å²) < 4.78 is 28.5. The lowest BCUT2D eigenvalue weighted by molar-refractivity contribution is 0.341. The van der Waals surface area contributed by atoms with Crippen LogP contribution in [0.15, 0.2) is 17.3 Å². The van der Waals surface area contributed by atoms with Crippen molar-refractivity contribution in [3.8, 4) is 0 Å². The minimum atomic E-state index is -3.42. The van der Waals surface area contributed by atoms with Crippen LogP contribution in [0, 0.1) is 11.8 Å². The molecule has 0 saturated carbocycles. The zero-order valence-electron chi connectivity index (χ0n) is 12.9. The number of rotatable bonds is 5. The van der Waals surface area contributed by atoms with E-state index in [1.165, 1.54) is 6.20 Å². The SMILES string of the molecule is CC(C)C1CCCN(S(=O)(=O)c2cnn(CCN)c2)CC1. The van der Waals surface area contributed by atoms with Gasteiger partial charge in [0.25, 0.3) is 0 Å². The fourth-order valence-electron chi connectivity index (χ4n) is 2.88. The third kappa shape index (κ3) is 3.84. The number of nitrogens with two attached hydrogens (primary N) is 1. The third-order valence-corrected chi connectivity index (χ3v) is 6.13. The van der Waals surface area contributed by atoms with Crippen LogP contribution < -0.4 is 5.73 Å². The maximum absolute atomic E-state index is 12.7. The van der Waals surface area contributed by atoms with E-state index in [0.29, 0.717) is 38.0 Å². The lowest BCUT2D eigenvalue weighted by Crippen LogP contribution is -2.32. The summed E-state index contributed by atoms with van der Waals surface area (Å²) in [6.07, 6.45) is 5.98. The van der Waals surface area contributed by atoms with Crippen molar-refractivity contribution in [1.29, 1.82) is 0 Å². The van der Waals surface area contributed by atoms with Crippen molar-refractivity contribution in [3.05, 3.63) is 12.4 Å². The predicted molar refractivity (Wildman–Crippen MR) is 82.2 cm³/mol. The summed E-state index contributed by atoms with van der Waals surface area (Å²) in [5, 5.41) is 4.06. The molecule has 0 aromatic carbocycles. The van der Waals surface area contributed by atoms with E-state index in [2.05, 4.69) is 18.9 Å². The molecule has 1 unspecified atom stereocenters. The Morgan fingerprint density at radius 3 is 2.81 bits per heavy atom. The quantitative estimate of drug-likeness (QED) is 0.888. The Morgan fingerprint density at radius 2 is 2.14 bits per heavy atom. The maximum Gasteiger partial charge on any atom is 0.246 e. The van der Waals surface area contributed by atoms with Crippen LogP contribution in [0.25, 0.3) is 0 Å². The zero-order valence-corrected chi connectivity index (χ0v) is 13.7. The van der Waals surface area contributed by atoms with Crippen molar-refractivity contribution in [1.82, 2.24) is 14.1 Å². The number of hydrogen-bond acceptors (Lipinski definition) is 4. The fraction of sp³-hybridized carbons (Fsp3) is 0.786. The molecule has 0 bridgehead atoms. The summed E-state index contributed by atoms with van der Waals surface area (Å²) in [6.45, 7) is 6.62. The lowest BCUT2D eigenvalue weighted by atomic mass is 9.89. The van der Waals surface area contributed by atoms with Crippen LogP contribution in [0.1, 0.15) is 33.1 Å². The third-order valence-electron chi connectivity index (χ3n) is 4.28. The highest BCUT2D eigenvalue weighted by atomic mass is 32.2. The first kappa shape index (κ1) is 16.5. The van der Waals surface area contributed by atoms with Crippen LogP contribution in [0.2, 0.25) is 0 Å². The molecule has 1 aliphatic heterocycles. The normalized spacial score (nSPS) is 21.6. The van der Waals surface area contributed by atoms with Gasteiger partial charge < -0.3 is 5.73 Å². The molecule has 120 valence electrons. The minimum Gasteiger partial charge on any atom is -0.329 e. The zero-order chi connectivity index (χ0) is 15.5. The summed E-state index contributed by atoms with van der Waals surface area (Å²) in [5.74, 6) is 1.23. The number of aromatic nitrogens is 2. The van der Waals surface area contributed by atoms with E-state index in [1.54, 1.807) is 15.2 Å². The second kappa shape index (κ2) is 6.89. The molecule has 1 aliphatic rings. The van der Waals surface area contributed by atoms with E-state index in [-0.39, 0.29) is 4.90 Å². The van der Waals surface area contributed by atoms with Gasteiger partial charge in [-0.3, -0.25) is 4.68 Å². The Morgan fingerprint density at radius 1 is 1.38 bits per heavy atom. The molecule has 2 rings (SSSR count). The van der Waals surface area contributed by atoms with Crippen LogP contribution in [-0.2, 0) is 16.6 Å². The van der Waals surface area contributed by atoms with E-state index in [9.17, 15) is 8.42 Å². The van der Waals surface area contributed by atoms with Gasteiger partial charge in [-0.25, -0.2) is 8.42 Å². The Balaban J connectivity index is 2.11. The molecule has 0 aliphatic carbocycles. The van der Waals surface area contributed by atoms with Gasteiger partial charge in [-0.05, 0) is 31.1 Å². The second-order valence-corrected chi connectivity index (χ2v) is 8.00. The first-order valence-corrected chi connectivity index (χ1v) is 9.12. The van der Waals surface area contributed by atoms with Crippen LogP contribution in [0.4, 0.5) is 0 Å². The first-order chi connectivity index (χ1) is 9.95. The van der Waals surface area contributed by atoms with Crippen molar-refractivity contribution in [3.63, 3.8) is 0 Å². The van der Waals surface area contributed by atoms with Gasteiger partial charge in [-0.15, -0.1) is 0 Å². The number of hydrogen-bond donors (Lipinski definition) is 1. The second-order valence-electron chi connectivity index (χ2n) is 6.07. The van der Waals surface area contributed by atoms with Gasteiger partial charge in [-0.1, -0.05) is 13.8 Å². The van der Waals surface area contributed by atoms with Crippen molar-refractivity contribution < 1.29 is 8.42 Å². The highest BCUT2D eigenvalue weighted by Gasteiger charge is 2.29. The molecule has 0 spiro atoms. The van der Waals surface area contributed by atoms with Crippen molar-refractivity contribution in [2.45, 2.75) is 44.6 Å². The molecule has 1 aromatic heterocycles. The van der Waals surface area contributed by atoms with Crippen LogP contribution in [-0.4, -0.2) is 42.1 Å². The Bertz CT molecular complexity index is 553. The molecule has 1 saturated heterocycles. The molecule has 1 atom stereocenters. The molecule has 1 aromatic rings. The molecule has 1 fully saturated rings. The number of nitrogens with zero attached hydrogens (tertiary/aromatic N) is 3. The lowest BCUT2D eigenvalue weighted by Gasteiger charge is -2.20. The summed E-state index contributed by atoms with van der Waals surface area (Å²) in [6, 6.07) is 0. The van der Waals surface area contributed by atoms with Crippen molar-refractivity contribution in [2.24, 2.45) is 17.6 Å². The summed E-state index contributed by atoms with van der Waals surface area (Å²) in [4.78, 5) is 0.277. The van der Waals surface area contributed by atoms with Gasteiger partial charge in [0.1, 0.15) is 4.90 Å². The molecule has 21 heavy (non-hydrogen) atoms.